The van der Waals surface area contributed by atoms with Crippen molar-refractivity contribution in [3.8, 4) is 5.69 Å². The lowest BCUT2D eigenvalue weighted by molar-refractivity contribution is 0.183. The third-order valence-corrected chi connectivity index (χ3v) is 3.52. The summed E-state index contributed by atoms with van der Waals surface area (Å²) in [6.07, 6.45) is 6.26. The van der Waals surface area contributed by atoms with Crippen LogP contribution in [0.3, 0.4) is 0 Å². The number of aromatic nitrogens is 2. The highest BCUT2D eigenvalue weighted by atomic mass is 16.3. The van der Waals surface area contributed by atoms with Crippen molar-refractivity contribution in [2.75, 3.05) is 13.2 Å². The third-order valence-electron chi connectivity index (χ3n) is 3.52. The van der Waals surface area contributed by atoms with E-state index in [1.54, 1.807) is 6.20 Å². The van der Waals surface area contributed by atoms with Crippen LogP contribution in [-0.4, -0.2) is 39.0 Å². The highest BCUT2D eigenvalue weighted by Crippen LogP contribution is 2.28. The summed E-state index contributed by atoms with van der Waals surface area (Å²) in [6, 6.07) is 11.0. The lowest BCUT2D eigenvalue weighted by Gasteiger charge is -2.21. The fraction of sp³-hybridized carbons (Fsp3) is 0.400. The number of aliphatic hydroxyl groups excluding tert-OH is 1. The van der Waals surface area contributed by atoms with Gasteiger partial charge in [0.25, 0.3) is 0 Å². The van der Waals surface area contributed by atoms with Gasteiger partial charge < -0.3 is 5.11 Å². The van der Waals surface area contributed by atoms with Crippen molar-refractivity contribution in [2.24, 2.45) is 0 Å². The van der Waals surface area contributed by atoms with Crippen LogP contribution in [0.15, 0.2) is 42.7 Å². The zero-order valence-corrected chi connectivity index (χ0v) is 10.9. The monoisotopic (exact) mass is 257 g/mol. The number of rotatable bonds is 6. The first kappa shape index (κ1) is 12.4. The van der Waals surface area contributed by atoms with E-state index in [9.17, 15) is 0 Å². The Bertz CT molecular complexity index is 520. The van der Waals surface area contributed by atoms with Crippen molar-refractivity contribution in [1.29, 1.82) is 0 Å². The summed E-state index contributed by atoms with van der Waals surface area (Å²) in [5.74, 6) is 0. The summed E-state index contributed by atoms with van der Waals surface area (Å²) in [7, 11) is 0. The summed E-state index contributed by atoms with van der Waals surface area (Å²) >= 11 is 0. The SMILES string of the molecule is OCCN(Cc1cccc(-n2cccn2)c1)C1CC1. The van der Waals surface area contributed by atoms with E-state index in [0.29, 0.717) is 6.04 Å². The van der Waals surface area contributed by atoms with Gasteiger partial charge in [0.15, 0.2) is 0 Å². The summed E-state index contributed by atoms with van der Waals surface area (Å²) in [6.45, 7) is 1.90. The minimum atomic E-state index is 0.231. The summed E-state index contributed by atoms with van der Waals surface area (Å²) in [4.78, 5) is 2.36. The van der Waals surface area contributed by atoms with E-state index in [1.165, 1.54) is 18.4 Å². The predicted molar refractivity (Wildman–Crippen MR) is 74.1 cm³/mol. The standard InChI is InChI=1S/C15H19N3O/c19-10-9-17(14-5-6-14)12-13-3-1-4-15(11-13)18-8-2-7-16-18/h1-4,7-8,11,14,19H,5-6,9-10,12H2. The van der Waals surface area contributed by atoms with Crippen LogP contribution in [0.2, 0.25) is 0 Å². The predicted octanol–water partition coefficient (Wildman–Crippen LogP) is 1.83. The van der Waals surface area contributed by atoms with Gasteiger partial charge in [0, 0.05) is 31.5 Å². The molecule has 0 amide bonds. The lowest BCUT2D eigenvalue weighted by Crippen LogP contribution is -2.28. The maximum Gasteiger partial charge on any atom is 0.0648 e. The second-order valence-electron chi connectivity index (χ2n) is 5.05. The van der Waals surface area contributed by atoms with Crippen molar-refractivity contribution < 1.29 is 5.11 Å². The summed E-state index contributed by atoms with van der Waals surface area (Å²) in [5.41, 5.74) is 2.36. The van der Waals surface area contributed by atoms with E-state index < -0.39 is 0 Å². The third kappa shape index (κ3) is 3.03. The van der Waals surface area contributed by atoms with Gasteiger partial charge >= 0.3 is 0 Å². The molecule has 1 aromatic carbocycles. The van der Waals surface area contributed by atoms with Crippen LogP contribution in [0.4, 0.5) is 0 Å². The molecule has 0 saturated heterocycles. The molecule has 100 valence electrons. The van der Waals surface area contributed by atoms with E-state index >= 15 is 0 Å². The normalized spacial score (nSPS) is 15.1. The van der Waals surface area contributed by atoms with Crippen LogP contribution in [0, 0.1) is 0 Å². The molecular weight excluding hydrogens is 238 g/mol. The number of hydrogen-bond acceptors (Lipinski definition) is 3. The topological polar surface area (TPSA) is 41.3 Å². The Morgan fingerprint density at radius 2 is 2.21 bits per heavy atom. The first-order valence-electron chi connectivity index (χ1n) is 6.80. The Balaban J connectivity index is 1.75. The molecule has 1 saturated carbocycles. The van der Waals surface area contributed by atoms with Crippen LogP contribution >= 0.6 is 0 Å². The fourth-order valence-electron chi connectivity index (χ4n) is 2.41. The molecule has 0 radical (unpaired) electrons. The van der Waals surface area contributed by atoms with E-state index in [1.807, 2.05) is 16.9 Å². The van der Waals surface area contributed by atoms with Crippen molar-refractivity contribution in [2.45, 2.75) is 25.4 Å². The molecule has 4 heteroatoms. The van der Waals surface area contributed by atoms with Gasteiger partial charge in [-0.2, -0.15) is 5.10 Å². The van der Waals surface area contributed by atoms with Gasteiger partial charge in [0.2, 0.25) is 0 Å². The second kappa shape index (κ2) is 5.55. The second-order valence-corrected chi connectivity index (χ2v) is 5.05. The first-order valence-corrected chi connectivity index (χ1v) is 6.80. The fourth-order valence-corrected chi connectivity index (χ4v) is 2.41. The molecule has 0 spiro atoms. The molecular formula is C15H19N3O. The zero-order chi connectivity index (χ0) is 13.1. The molecule has 0 aliphatic heterocycles. The molecule has 4 nitrogen and oxygen atoms in total. The Labute approximate surface area is 113 Å². The number of nitrogens with zero attached hydrogens (tertiary/aromatic N) is 3. The first-order chi connectivity index (χ1) is 9.36. The quantitative estimate of drug-likeness (QED) is 0.858. The zero-order valence-electron chi connectivity index (χ0n) is 10.9. The number of aliphatic hydroxyl groups is 1. The molecule has 19 heavy (non-hydrogen) atoms. The van der Waals surface area contributed by atoms with Gasteiger partial charge in [0.05, 0.1) is 12.3 Å². The molecule has 0 unspecified atom stereocenters. The van der Waals surface area contributed by atoms with Crippen LogP contribution in [0.25, 0.3) is 5.69 Å². The summed E-state index contributed by atoms with van der Waals surface area (Å²) in [5, 5.41) is 13.4. The Morgan fingerprint density at radius 3 is 2.89 bits per heavy atom. The Kier molecular flexibility index (Phi) is 3.62. The molecule has 1 aromatic heterocycles. The van der Waals surface area contributed by atoms with Gasteiger partial charge in [-0.05, 0) is 36.6 Å². The Hall–Kier alpha value is -1.65. The molecule has 1 aliphatic carbocycles. The Morgan fingerprint density at radius 1 is 1.32 bits per heavy atom. The van der Waals surface area contributed by atoms with E-state index in [-0.39, 0.29) is 6.61 Å². The minimum Gasteiger partial charge on any atom is -0.395 e. The maximum absolute atomic E-state index is 9.14. The van der Waals surface area contributed by atoms with Crippen molar-refractivity contribution in [3.63, 3.8) is 0 Å². The van der Waals surface area contributed by atoms with Crippen molar-refractivity contribution in [1.82, 2.24) is 14.7 Å². The van der Waals surface area contributed by atoms with E-state index in [2.05, 4.69) is 34.3 Å². The van der Waals surface area contributed by atoms with E-state index in [0.717, 1.165) is 18.8 Å². The van der Waals surface area contributed by atoms with Gasteiger partial charge in [-0.15, -0.1) is 0 Å². The van der Waals surface area contributed by atoms with Crippen LogP contribution in [0.5, 0.6) is 0 Å². The van der Waals surface area contributed by atoms with Crippen LogP contribution in [-0.2, 0) is 6.54 Å². The molecule has 0 atom stereocenters. The average molecular weight is 257 g/mol. The lowest BCUT2D eigenvalue weighted by atomic mass is 10.2. The summed E-state index contributed by atoms with van der Waals surface area (Å²) < 4.78 is 1.87. The van der Waals surface area contributed by atoms with Crippen LogP contribution in [0.1, 0.15) is 18.4 Å². The van der Waals surface area contributed by atoms with Crippen molar-refractivity contribution in [3.05, 3.63) is 48.3 Å². The molecule has 1 fully saturated rings. The van der Waals surface area contributed by atoms with Gasteiger partial charge in [-0.3, -0.25) is 4.90 Å². The number of hydrogen-bond donors (Lipinski definition) is 1. The molecule has 1 heterocycles. The van der Waals surface area contributed by atoms with Crippen molar-refractivity contribution >= 4 is 0 Å². The molecule has 3 rings (SSSR count). The largest absolute Gasteiger partial charge is 0.395 e. The smallest absolute Gasteiger partial charge is 0.0648 e. The minimum absolute atomic E-state index is 0.231. The maximum atomic E-state index is 9.14. The average Bonchev–Trinajstić information content (AvgIpc) is 3.13. The van der Waals surface area contributed by atoms with Gasteiger partial charge in [-0.1, -0.05) is 12.1 Å². The number of benzene rings is 1. The molecule has 0 bridgehead atoms. The molecule has 1 aliphatic rings. The molecule has 1 N–H and O–H groups in total. The van der Waals surface area contributed by atoms with Crippen LogP contribution < -0.4 is 0 Å². The van der Waals surface area contributed by atoms with E-state index in [4.69, 9.17) is 5.11 Å². The highest BCUT2D eigenvalue weighted by molar-refractivity contribution is 5.35. The van der Waals surface area contributed by atoms with Gasteiger partial charge in [-0.25, -0.2) is 4.68 Å². The molecule has 2 aromatic rings. The highest BCUT2D eigenvalue weighted by Gasteiger charge is 2.28. The van der Waals surface area contributed by atoms with Gasteiger partial charge in [0.1, 0.15) is 0 Å².